The van der Waals surface area contributed by atoms with Gasteiger partial charge in [-0.05, 0) is 25.5 Å². The van der Waals surface area contributed by atoms with E-state index in [2.05, 4.69) is 25.3 Å². The first-order chi connectivity index (χ1) is 14.5. The monoisotopic (exact) mass is 416 g/mol. The molecular weight excluding hydrogens is 392 g/mol. The molecule has 1 aliphatic heterocycles. The minimum absolute atomic E-state index is 0.0308. The number of imidazole rings is 1. The van der Waals surface area contributed by atoms with Crippen molar-refractivity contribution in [2.75, 3.05) is 11.9 Å². The summed E-state index contributed by atoms with van der Waals surface area (Å²) >= 11 is 0. The third-order valence-corrected chi connectivity index (χ3v) is 4.77. The summed E-state index contributed by atoms with van der Waals surface area (Å²) < 4.78 is 12.7. The number of hydrogen-bond acceptors (Lipinski definition) is 10. The van der Waals surface area contributed by atoms with Crippen LogP contribution in [0.4, 0.5) is 5.82 Å². The number of aromatic nitrogens is 5. The van der Waals surface area contributed by atoms with E-state index in [4.69, 9.17) is 9.47 Å². The lowest BCUT2D eigenvalue weighted by Gasteiger charge is -2.16. The van der Waals surface area contributed by atoms with Crippen LogP contribution in [0.5, 0.6) is 5.88 Å². The van der Waals surface area contributed by atoms with Crippen LogP contribution < -0.4 is 10.1 Å². The van der Waals surface area contributed by atoms with Gasteiger partial charge < -0.3 is 30.1 Å². The first kappa shape index (κ1) is 20.4. The Morgan fingerprint density at radius 3 is 2.77 bits per heavy atom. The fraction of sp³-hybridized carbons (Fsp3) is 0.474. The summed E-state index contributed by atoms with van der Waals surface area (Å²) in [5, 5.41) is 32.8. The van der Waals surface area contributed by atoms with Crippen molar-refractivity contribution in [3.8, 4) is 5.88 Å². The predicted molar refractivity (Wildman–Crippen MR) is 106 cm³/mol. The molecule has 0 saturated carbocycles. The molecule has 0 radical (unpaired) electrons. The Hall–Kier alpha value is -2.86. The molecule has 4 N–H and O–H groups in total. The second kappa shape index (κ2) is 8.48. The highest BCUT2D eigenvalue weighted by Crippen LogP contribution is 2.32. The van der Waals surface area contributed by atoms with Crippen LogP contribution >= 0.6 is 0 Å². The largest absolute Gasteiger partial charge is 0.475 e. The predicted octanol–water partition coefficient (Wildman–Crippen LogP) is 0.232. The summed E-state index contributed by atoms with van der Waals surface area (Å²) in [6, 6.07) is 3.72. The van der Waals surface area contributed by atoms with E-state index in [-0.39, 0.29) is 6.10 Å². The zero-order chi connectivity index (χ0) is 21.3. The Balaban J connectivity index is 1.54. The van der Waals surface area contributed by atoms with Gasteiger partial charge in [0.25, 0.3) is 0 Å². The van der Waals surface area contributed by atoms with E-state index in [1.165, 1.54) is 17.2 Å². The van der Waals surface area contributed by atoms with Crippen LogP contribution in [0.25, 0.3) is 11.2 Å². The first-order valence-corrected chi connectivity index (χ1v) is 9.63. The molecule has 0 aromatic carbocycles. The van der Waals surface area contributed by atoms with Gasteiger partial charge in [0.15, 0.2) is 23.2 Å². The number of pyridine rings is 1. The fourth-order valence-corrected chi connectivity index (χ4v) is 3.33. The Labute approximate surface area is 172 Å². The average molecular weight is 416 g/mol. The van der Waals surface area contributed by atoms with E-state index < -0.39 is 31.1 Å². The molecule has 160 valence electrons. The van der Waals surface area contributed by atoms with Crippen molar-refractivity contribution in [1.29, 1.82) is 0 Å². The molecular formula is C19H24N6O5. The number of aliphatic hydroxyl groups is 3. The summed E-state index contributed by atoms with van der Waals surface area (Å²) in [6.45, 7) is 3.93. The summed E-state index contributed by atoms with van der Waals surface area (Å²) in [4.78, 5) is 17.0. The summed E-state index contributed by atoms with van der Waals surface area (Å²) in [6.07, 6.45) is 0.337. The molecule has 1 saturated heterocycles. The number of fused-ring (bicyclic) bond motifs is 1. The minimum Gasteiger partial charge on any atom is -0.475 e. The van der Waals surface area contributed by atoms with E-state index in [0.29, 0.717) is 29.4 Å². The number of hydrogen-bond donors (Lipinski definition) is 4. The van der Waals surface area contributed by atoms with Gasteiger partial charge >= 0.3 is 0 Å². The number of nitrogens with zero attached hydrogens (tertiary/aromatic N) is 5. The molecule has 0 bridgehead atoms. The molecule has 4 rings (SSSR count). The van der Waals surface area contributed by atoms with E-state index >= 15 is 0 Å². The molecule has 0 aliphatic carbocycles. The van der Waals surface area contributed by atoms with Crippen molar-refractivity contribution < 1.29 is 24.8 Å². The molecule has 3 aromatic heterocycles. The quantitative estimate of drug-likeness (QED) is 0.422. The zero-order valence-electron chi connectivity index (χ0n) is 16.6. The SMILES string of the molecule is CC(C)Oc1cc(CNc2ncnc3c2ncn3[C@@H]2O[C@H](CO)[C@@H](O)[C@H]2O)ccn1. The van der Waals surface area contributed by atoms with Crippen molar-refractivity contribution in [3.63, 3.8) is 0 Å². The molecule has 0 unspecified atom stereocenters. The third-order valence-electron chi connectivity index (χ3n) is 4.77. The van der Waals surface area contributed by atoms with Crippen LogP contribution in [0.3, 0.4) is 0 Å². The number of ether oxygens (including phenoxy) is 2. The van der Waals surface area contributed by atoms with Gasteiger partial charge in [-0.1, -0.05) is 0 Å². The molecule has 3 aromatic rings. The molecule has 0 spiro atoms. The number of rotatable bonds is 7. The molecule has 11 nitrogen and oxygen atoms in total. The van der Waals surface area contributed by atoms with Crippen LogP contribution in [-0.4, -0.2) is 70.8 Å². The average Bonchev–Trinajstić information content (AvgIpc) is 3.28. The molecule has 11 heteroatoms. The van der Waals surface area contributed by atoms with Gasteiger partial charge in [0.2, 0.25) is 5.88 Å². The topological polar surface area (TPSA) is 148 Å². The zero-order valence-corrected chi connectivity index (χ0v) is 16.6. The Morgan fingerprint density at radius 2 is 2.03 bits per heavy atom. The van der Waals surface area contributed by atoms with Crippen LogP contribution in [0, 0.1) is 0 Å². The lowest BCUT2D eigenvalue weighted by Crippen LogP contribution is -2.33. The van der Waals surface area contributed by atoms with Gasteiger partial charge in [0.05, 0.1) is 19.0 Å². The summed E-state index contributed by atoms with van der Waals surface area (Å²) in [7, 11) is 0. The second-order valence-electron chi connectivity index (χ2n) is 7.30. The highest BCUT2D eigenvalue weighted by Gasteiger charge is 2.44. The van der Waals surface area contributed by atoms with Crippen molar-refractivity contribution in [3.05, 3.63) is 36.5 Å². The van der Waals surface area contributed by atoms with E-state index in [9.17, 15) is 15.3 Å². The van der Waals surface area contributed by atoms with Gasteiger partial charge in [-0.15, -0.1) is 0 Å². The van der Waals surface area contributed by atoms with Gasteiger partial charge in [-0.3, -0.25) is 4.57 Å². The van der Waals surface area contributed by atoms with Crippen LogP contribution in [0.15, 0.2) is 31.0 Å². The van der Waals surface area contributed by atoms with Crippen molar-refractivity contribution in [1.82, 2.24) is 24.5 Å². The minimum atomic E-state index is -1.22. The normalized spacial score (nSPS) is 23.9. The van der Waals surface area contributed by atoms with Gasteiger partial charge in [-0.25, -0.2) is 19.9 Å². The Bertz CT molecular complexity index is 1010. The van der Waals surface area contributed by atoms with E-state index in [0.717, 1.165) is 5.56 Å². The maximum Gasteiger partial charge on any atom is 0.213 e. The highest BCUT2D eigenvalue weighted by molar-refractivity contribution is 5.82. The summed E-state index contributed by atoms with van der Waals surface area (Å²) in [5.41, 5.74) is 1.87. The number of aliphatic hydroxyl groups excluding tert-OH is 3. The van der Waals surface area contributed by atoms with Crippen molar-refractivity contribution in [2.45, 2.75) is 51.0 Å². The van der Waals surface area contributed by atoms with E-state index in [1.54, 1.807) is 6.20 Å². The standard InChI is InChI=1S/C19H24N6O5/c1-10(2)29-13-5-11(3-4-20-13)6-21-17-14-18(23-8-22-17)25(9-24-14)19-16(28)15(27)12(7-26)30-19/h3-5,8-10,12,15-16,19,26-28H,6-7H2,1-2H3,(H,21,22,23)/t12-,15-,16-,19-/m1/s1. The Morgan fingerprint density at radius 1 is 1.20 bits per heavy atom. The van der Waals surface area contributed by atoms with Gasteiger partial charge in [0.1, 0.15) is 24.6 Å². The molecule has 30 heavy (non-hydrogen) atoms. The smallest absolute Gasteiger partial charge is 0.213 e. The molecule has 0 amide bonds. The van der Waals surface area contributed by atoms with Crippen molar-refractivity contribution >= 4 is 17.0 Å². The van der Waals surface area contributed by atoms with E-state index in [1.807, 2.05) is 26.0 Å². The van der Waals surface area contributed by atoms with Gasteiger partial charge in [0, 0.05) is 18.8 Å². The maximum absolute atomic E-state index is 10.3. The Kier molecular flexibility index (Phi) is 5.77. The fourth-order valence-electron chi connectivity index (χ4n) is 3.33. The van der Waals surface area contributed by atoms with Gasteiger partial charge in [-0.2, -0.15) is 0 Å². The third kappa shape index (κ3) is 3.92. The lowest BCUT2D eigenvalue weighted by molar-refractivity contribution is -0.0511. The number of anilines is 1. The highest BCUT2D eigenvalue weighted by atomic mass is 16.6. The second-order valence-corrected chi connectivity index (χ2v) is 7.30. The molecule has 4 atom stereocenters. The van der Waals surface area contributed by atoms with Crippen molar-refractivity contribution in [2.24, 2.45) is 0 Å². The summed E-state index contributed by atoms with van der Waals surface area (Å²) in [5.74, 6) is 1.06. The van der Waals surface area contributed by atoms with Crippen LogP contribution in [0.2, 0.25) is 0 Å². The lowest BCUT2D eigenvalue weighted by atomic mass is 10.1. The first-order valence-electron chi connectivity index (χ1n) is 9.63. The van der Waals surface area contributed by atoms with Crippen LogP contribution in [-0.2, 0) is 11.3 Å². The van der Waals surface area contributed by atoms with Crippen LogP contribution in [0.1, 0.15) is 25.6 Å². The molecule has 1 fully saturated rings. The maximum atomic E-state index is 10.3. The number of nitrogens with one attached hydrogen (secondary N) is 1. The molecule has 4 heterocycles. The molecule has 1 aliphatic rings.